The molecule has 90 valence electrons. The summed E-state index contributed by atoms with van der Waals surface area (Å²) in [5.41, 5.74) is 1.51. The molecule has 0 unspecified atom stereocenters. The van der Waals surface area contributed by atoms with E-state index in [1.165, 1.54) is 16.0 Å². The SMILES string of the molecule is CCCc1c(C(=O)O)nnn1-c1nc(C)cs1. The van der Waals surface area contributed by atoms with Crippen molar-refractivity contribution in [3.8, 4) is 5.13 Å². The zero-order chi connectivity index (χ0) is 12.4. The van der Waals surface area contributed by atoms with Gasteiger partial charge in [0.2, 0.25) is 5.13 Å². The Bertz CT molecular complexity index is 546. The maximum Gasteiger partial charge on any atom is 0.358 e. The normalized spacial score (nSPS) is 10.7. The zero-order valence-electron chi connectivity index (χ0n) is 9.54. The average molecular weight is 252 g/mol. The number of hydrogen-bond donors (Lipinski definition) is 1. The molecule has 0 aliphatic heterocycles. The number of aromatic carboxylic acids is 1. The summed E-state index contributed by atoms with van der Waals surface area (Å²) in [5, 5.41) is 19.2. The molecule has 0 spiro atoms. The number of aryl methyl sites for hydroxylation is 1. The smallest absolute Gasteiger partial charge is 0.358 e. The van der Waals surface area contributed by atoms with Gasteiger partial charge in [-0.1, -0.05) is 18.6 Å². The lowest BCUT2D eigenvalue weighted by atomic mass is 10.2. The van der Waals surface area contributed by atoms with Gasteiger partial charge in [0.05, 0.1) is 11.4 Å². The molecule has 0 radical (unpaired) electrons. The van der Waals surface area contributed by atoms with Crippen molar-refractivity contribution in [1.82, 2.24) is 20.0 Å². The topological polar surface area (TPSA) is 80.9 Å². The molecule has 1 N–H and O–H groups in total. The second kappa shape index (κ2) is 4.62. The van der Waals surface area contributed by atoms with Crippen molar-refractivity contribution in [3.05, 3.63) is 22.5 Å². The largest absolute Gasteiger partial charge is 0.476 e. The molecule has 0 fully saturated rings. The average Bonchev–Trinajstić information content (AvgIpc) is 2.85. The van der Waals surface area contributed by atoms with E-state index in [4.69, 9.17) is 5.11 Å². The van der Waals surface area contributed by atoms with Crippen molar-refractivity contribution in [3.63, 3.8) is 0 Å². The first-order valence-corrected chi connectivity index (χ1v) is 6.11. The molecule has 2 rings (SSSR count). The molecule has 0 saturated heterocycles. The van der Waals surface area contributed by atoms with Gasteiger partial charge < -0.3 is 5.11 Å². The summed E-state index contributed by atoms with van der Waals surface area (Å²) in [6.45, 7) is 3.87. The molecule has 0 bridgehead atoms. The van der Waals surface area contributed by atoms with Crippen LogP contribution < -0.4 is 0 Å². The first-order chi connectivity index (χ1) is 8.13. The van der Waals surface area contributed by atoms with Gasteiger partial charge in [0, 0.05) is 5.38 Å². The van der Waals surface area contributed by atoms with Crippen LogP contribution in [0.2, 0.25) is 0 Å². The number of aromatic nitrogens is 4. The minimum atomic E-state index is -1.05. The van der Waals surface area contributed by atoms with Gasteiger partial charge in [-0.25, -0.2) is 9.78 Å². The third kappa shape index (κ3) is 2.19. The number of nitrogens with zero attached hydrogens (tertiary/aromatic N) is 4. The van der Waals surface area contributed by atoms with E-state index in [1.54, 1.807) is 0 Å². The van der Waals surface area contributed by atoms with Gasteiger partial charge in [-0.15, -0.1) is 16.4 Å². The number of carboxylic acid groups (broad SMARTS) is 1. The van der Waals surface area contributed by atoms with Gasteiger partial charge in [0.1, 0.15) is 0 Å². The Morgan fingerprint density at radius 2 is 2.35 bits per heavy atom. The maximum absolute atomic E-state index is 11.0. The minimum Gasteiger partial charge on any atom is -0.476 e. The monoisotopic (exact) mass is 252 g/mol. The highest BCUT2D eigenvalue weighted by Crippen LogP contribution is 2.18. The zero-order valence-corrected chi connectivity index (χ0v) is 10.4. The van der Waals surface area contributed by atoms with E-state index in [9.17, 15) is 4.79 Å². The lowest BCUT2D eigenvalue weighted by molar-refractivity contribution is 0.0689. The molecule has 7 heteroatoms. The predicted octanol–water partition coefficient (Wildman–Crippen LogP) is 1.68. The molecular weight excluding hydrogens is 240 g/mol. The molecule has 0 aliphatic rings. The molecule has 0 aliphatic carbocycles. The molecule has 0 amide bonds. The predicted molar refractivity (Wildman–Crippen MR) is 62.7 cm³/mol. The lowest BCUT2D eigenvalue weighted by Gasteiger charge is -2.01. The fourth-order valence-electron chi connectivity index (χ4n) is 1.52. The van der Waals surface area contributed by atoms with Gasteiger partial charge in [0.15, 0.2) is 5.69 Å². The van der Waals surface area contributed by atoms with E-state index in [0.29, 0.717) is 17.2 Å². The van der Waals surface area contributed by atoms with Gasteiger partial charge in [-0.3, -0.25) is 0 Å². The van der Waals surface area contributed by atoms with E-state index in [1.807, 2.05) is 19.2 Å². The Balaban J connectivity index is 2.50. The summed E-state index contributed by atoms with van der Waals surface area (Å²) >= 11 is 1.42. The Hall–Kier alpha value is -1.76. The summed E-state index contributed by atoms with van der Waals surface area (Å²) in [6.07, 6.45) is 1.45. The lowest BCUT2D eigenvalue weighted by Crippen LogP contribution is -2.06. The van der Waals surface area contributed by atoms with E-state index in [2.05, 4.69) is 15.3 Å². The first-order valence-electron chi connectivity index (χ1n) is 5.23. The van der Waals surface area contributed by atoms with Crippen LogP contribution in [0.4, 0.5) is 0 Å². The van der Waals surface area contributed by atoms with E-state index in [-0.39, 0.29) is 5.69 Å². The van der Waals surface area contributed by atoms with Crippen molar-refractivity contribution in [2.24, 2.45) is 0 Å². The van der Waals surface area contributed by atoms with Crippen LogP contribution in [0, 0.1) is 6.92 Å². The number of hydrogen-bond acceptors (Lipinski definition) is 5. The maximum atomic E-state index is 11.0. The van der Waals surface area contributed by atoms with Crippen LogP contribution >= 0.6 is 11.3 Å². The Labute approximate surface area is 102 Å². The third-order valence-corrected chi connectivity index (χ3v) is 3.17. The summed E-state index contributed by atoms with van der Waals surface area (Å²) in [5.74, 6) is -1.05. The second-order valence-electron chi connectivity index (χ2n) is 3.62. The standard InChI is InChI=1S/C10H12N4O2S/c1-3-4-7-8(9(15)16)12-13-14(7)10-11-6(2)5-17-10/h5H,3-4H2,1-2H3,(H,15,16). The number of carboxylic acids is 1. The van der Waals surface area contributed by atoms with Crippen LogP contribution in [-0.4, -0.2) is 31.1 Å². The summed E-state index contributed by atoms with van der Waals surface area (Å²) in [6, 6.07) is 0. The minimum absolute atomic E-state index is 0.0136. The van der Waals surface area contributed by atoms with Crippen LogP contribution in [0.15, 0.2) is 5.38 Å². The second-order valence-corrected chi connectivity index (χ2v) is 4.46. The number of rotatable bonds is 4. The highest BCUT2D eigenvalue weighted by molar-refractivity contribution is 7.12. The van der Waals surface area contributed by atoms with E-state index in [0.717, 1.165) is 12.1 Å². The molecule has 2 aromatic heterocycles. The molecule has 0 atom stereocenters. The molecule has 17 heavy (non-hydrogen) atoms. The van der Waals surface area contributed by atoms with Crippen molar-refractivity contribution < 1.29 is 9.90 Å². The van der Waals surface area contributed by atoms with Gasteiger partial charge >= 0.3 is 5.97 Å². The Morgan fingerprint density at radius 3 is 2.88 bits per heavy atom. The first kappa shape index (κ1) is 11.7. The van der Waals surface area contributed by atoms with Crippen LogP contribution in [-0.2, 0) is 6.42 Å². The van der Waals surface area contributed by atoms with E-state index < -0.39 is 5.97 Å². The summed E-state index contributed by atoms with van der Waals surface area (Å²) in [7, 11) is 0. The number of thiazole rings is 1. The Kier molecular flexibility index (Phi) is 3.19. The molecule has 0 aromatic carbocycles. The highest BCUT2D eigenvalue weighted by atomic mass is 32.1. The molecule has 6 nitrogen and oxygen atoms in total. The van der Waals surface area contributed by atoms with Gasteiger partial charge in [-0.05, 0) is 13.3 Å². The van der Waals surface area contributed by atoms with Crippen LogP contribution in [0.5, 0.6) is 0 Å². The molecule has 2 heterocycles. The van der Waals surface area contributed by atoms with Crippen molar-refractivity contribution in [2.45, 2.75) is 26.7 Å². The van der Waals surface area contributed by atoms with Gasteiger partial charge in [-0.2, -0.15) is 4.68 Å². The summed E-state index contributed by atoms with van der Waals surface area (Å²) in [4.78, 5) is 15.3. The fourth-order valence-corrected chi connectivity index (χ4v) is 2.29. The molecule has 0 saturated carbocycles. The van der Waals surface area contributed by atoms with Crippen molar-refractivity contribution in [1.29, 1.82) is 0 Å². The Morgan fingerprint density at radius 1 is 1.59 bits per heavy atom. The van der Waals surface area contributed by atoms with Gasteiger partial charge in [0.25, 0.3) is 0 Å². The van der Waals surface area contributed by atoms with Crippen molar-refractivity contribution in [2.75, 3.05) is 0 Å². The molecular formula is C10H12N4O2S. The van der Waals surface area contributed by atoms with Crippen LogP contribution in [0.3, 0.4) is 0 Å². The van der Waals surface area contributed by atoms with Crippen LogP contribution in [0.25, 0.3) is 5.13 Å². The van der Waals surface area contributed by atoms with E-state index >= 15 is 0 Å². The van der Waals surface area contributed by atoms with Crippen LogP contribution in [0.1, 0.15) is 35.2 Å². The molecule has 2 aromatic rings. The summed E-state index contributed by atoms with van der Waals surface area (Å²) < 4.78 is 1.52. The quantitative estimate of drug-likeness (QED) is 0.895. The highest BCUT2D eigenvalue weighted by Gasteiger charge is 2.20. The van der Waals surface area contributed by atoms with Crippen molar-refractivity contribution >= 4 is 17.3 Å². The number of carbonyl (C=O) groups is 1. The third-order valence-electron chi connectivity index (χ3n) is 2.24. The fraction of sp³-hybridized carbons (Fsp3) is 0.400.